The smallest absolute Gasteiger partial charge is 0.229 e. The Hall–Kier alpha value is -3.48. The van der Waals surface area contributed by atoms with Crippen LogP contribution in [0.15, 0.2) is 60.8 Å². The van der Waals surface area contributed by atoms with Crippen LogP contribution >= 0.6 is 0 Å². The Labute approximate surface area is 162 Å². The van der Waals surface area contributed by atoms with Gasteiger partial charge in [-0.15, -0.1) is 0 Å². The van der Waals surface area contributed by atoms with E-state index in [9.17, 15) is 4.39 Å². The van der Waals surface area contributed by atoms with Crippen molar-refractivity contribution in [2.24, 2.45) is 0 Å². The summed E-state index contributed by atoms with van der Waals surface area (Å²) in [6.07, 6.45) is 1.73. The van der Waals surface area contributed by atoms with Gasteiger partial charge in [-0.05, 0) is 44.2 Å². The lowest BCUT2D eigenvalue weighted by atomic mass is 10.3. The van der Waals surface area contributed by atoms with Crippen molar-refractivity contribution in [3.05, 3.63) is 66.6 Å². The number of rotatable bonds is 6. The van der Waals surface area contributed by atoms with E-state index in [0.29, 0.717) is 23.1 Å². The first kappa shape index (κ1) is 17.9. The fourth-order valence-electron chi connectivity index (χ4n) is 3.10. The molecule has 0 bridgehead atoms. The summed E-state index contributed by atoms with van der Waals surface area (Å²) in [5.74, 6) is 0.896. The molecule has 0 spiro atoms. The van der Waals surface area contributed by atoms with Gasteiger partial charge in [-0.3, -0.25) is 0 Å². The first-order chi connectivity index (χ1) is 13.7. The van der Waals surface area contributed by atoms with Crippen molar-refractivity contribution in [3.63, 3.8) is 0 Å². The molecule has 4 aromatic rings. The summed E-state index contributed by atoms with van der Waals surface area (Å²) < 4.78 is 15.4. The number of para-hydroxylation sites is 1. The highest BCUT2D eigenvalue weighted by molar-refractivity contribution is 5.90. The zero-order valence-corrected chi connectivity index (χ0v) is 15.8. The Balaban J connectivity index is 1.88. The molecule has 2 heterocycles. The van der Waals surface area contributed by atoms with E-state index in [0.717, 1.165) is 24.2 Å². The van der Waals surface area contributed by atoms with Crippen LogP contribution in [0.4, 0.5) is 21.8 Å². The number of nitrogens with zero attached hydrogens (tertiary/aromatic N) is 5. The number of benzene rings is 2. The van der Waals surface area contributed by atoms with Crippen LogP contribution in [0, 0.1) is 5.82 Å². The van der Waals surface area contributed by atoms with E-state index in [-0.39, 0.29) is 5.82 Å². The van der Waals surface area contributed by atoms with Crippen molar-refractivity contribution in [2.75, 3.05) is 23.3 Å². The Bertz CT molecular complexity index is 1090. The van der Waals surface area contributed by atoms with Gasteiger partial charge in [0.1, 0.15) is 11.6 Å². The second-order valence-corrected chi connectivity index (χ2v) is 6.31. The molecular weight excluding hydrogens is 355 g/mol. The number of halogens is 1. The third kappa shape index (κ3) is 3.38. The van der Waals surface area contributed by atoms with Crippen LogP contribution in [0.25, 0.3) is 16.7 Å². The molecule has 0 unspecified atom stereocenters. The SMILES string of the molecule is CCN(CC)c1nc(Nc2cccc(F)c2)c2cnn(-c3ccccc3)c2n1. The molecule has 142 valence electrons. The molecule has 0 aliphatic carbocycles. The molecule has 28 heavy (non-hydrogen) atoms. The van der Waals surface area contributed by atoms with Crippen LogP contribution in [0.1, 0.15) is 13.8 Å². The molecule has 0 saturated carbocycles. The van der Waals surface area contributed by atoms with Crippen molar-refractivity contribution in [1.29, 1.82) is 0 Å². The average Bonchev–Trinajstić information content (AvgIpc) is 3.14. The summed E-state index contributed by atoms with van der Waals surface area (Å²) >= 11 is 0. The summed E-state index contributed by atoms with van der Waals surface area (Å²) in [5.41, 5.74) is 2.23. The van der Waals surface area contributed by atoms with E-state index < -0.39 is 0 Å². The maximum Gasteiger partial charge on any atom is 0.229 e. The van der Waals surface area contributed by atoms with Gasteiger partial charge in [-0.2, -0.15) is 15.1 Å². The quantitative estimate of drug-likeness (QED) is 0.535. The molecule has 4 rings (SSSR count). The normalized spacial score (nSPS) is 11.0. The molecule has 1 N–H and O–H groups in total. The van der Waals surface area contributed by atoms with Gasteiger partial charge in [0.15, 0.2) is 5.65 Å². The highest BCUT2D eigenvalue weighted by Gasteiger charge is 2.17. The van der Waals surface area contributed by atoms with Crippen LogP contribution in [0.2, 0.25) is 0 Å². The molecule has 0 fully saturated rings. The lowest BCUT2D eigenvalue weighted by molar-refractivity contribution is 0.628. The van der Waals surface area contributed by atoms with Crippen molar-refractivity contribution in [3.8, 4) is 5.69 Å². The van der Waals surface area contributed by atoms with E-state index in [1.165, 1.54) is 12.1 Å². The lowest BCUT2D eigenvalue weighted by Crippen LogP contribution is -2.24. The fourth-order valence-corrected chi connectivity index (χ4v) is 3.10. The fraction of sp³-hybridized carbons (Fsp3) is 0.190. The summed E-state index contributed by atoms with van der Waals surface area (Å²) in [4.78, 5) is 11.5. The maximum absolute atomic E-state index is 13.6. The average molecular weight is 376 g/mol. The second kappa shape index (κ2) is 7.64. The zero-order valence-electron chi connectivity index (χ0n) is 15.8. The van der Waals surface area contributed by atoms with E-state index in [1.807, 2.05) is 30.3 Å². The monoisotopic (exact) mass is 376 g/mol. The molecule has 0 aliphatic rings. The number of anilines is 3. The number of nitrogens with one attached hydrogen (secondary N) is 1. The van der Waals surface area contributed by atoms with Crippen LogP contribution in [0.3, 0.4) is 0 Å². The van der Waals surface area contributed by atoms with Gasteiger partial charge in [0.2, 0.25) is 5.95 Å². The number of hydrogen-bond donors (Lipinski definition) is 1. The number of fused-ring (bicyclic) bond motifs is 1. The first-order valence-corrected chi connectivity index (χ1v) is 9.28. The van der Waals surface area contributed by atoms with Gasteiger partial charge in [-0.1, -0.05) is 24.3 Å². The van der Waals surface area contributed by atoms with E-state index in [2.05, 4.69) is 29.2 Å². The molecule has 2 aromatic heterocycles. The van der Waals surface area contributed by atoms with Crippen LogP contribution < -0.4 is 10.2 Å². The lowest BCUT2D eigenvalue weighted by Gasteiger charge is -2.20. The molecular formula is C21H21FN6. The molecule has 7 heteroatoms. The Morgan fingerprint density at radius 3 is 2.50 bits per heavy atom. The van der Waals surface area contributed by atoms with Gasteiger partial charge in [0.25, 0.3) is 0 Å². The van der Waals surface area contributed by atoms with Crippen molar-refractivity contribution >= 4 is 28.5 Å². The largest absolute Gasteiger partial charge is 0.341 e. The summed E-state index contributed by atoms with van der Waals surface area (Å²) in [7, 11) is 0. The molecule has 0 radical (unpaired) electrons. The third-order valence-corrected chi connectivity index (χ3v) is 4.55. The number of aromatic nitrogens is 4. The standard InChI is InChI=1S/C21H21FN6/c1-3-27(4-2)21-25-19(24-16-10-8-9-15(22)13-16)18-14-23-28(20(18)26-21)17-11-6-5-7-12-17/h5-14H,3-4H2,1-2H3,(H,24,25,26). The van der Waals surface area contributed by atoms with Crippen LogP contribution in [-0.4, -0.2) is 32.8 Å². The van der Waals surface area contributed by atoms with Crippen molar-refractivity contribution < 1.29 is 4.39 Å². The maximum atomic E-state index is 13.6. The van der Waals surface area contributed by atoms with E-state index in [4.69, 9.17) is 9.97 Å². The van der Waals surface area contributed by atoms with Gasteiger partial charge in [0.05, 0.1) is 17.3 Å². The van der Waals surface area contributed by atoms with Crippen molar-refractivity contribution in [2.45, 2.75) is 13.8 Å². The molecule has 0 atom stereocenters. The van der Waals surface area contributed by atoms with Crippen LogP contribution in [0.5, 0.6) is 0 Å². The van der Waals surface area contributed by atoms with Crippen molar-refractivity contribution in [1.82, 2.24) is 19.7 Å². The minimum Gasteiger partial charge on any atom is -0.341 e. The Morgan fingerprint density at radius 1 is 1.00 bits per heavy atom. The topological polar surface area (TPSA) is 58.9 Å². The van der Waals surface area contributed by atoms with Gasteiger partial charge in [-0.25, -0.2) is 9.07 Å². The van der Waals surface area contributed by atoms with E-state index in [1.54, 1.807) is 23.0 Å². The summed E-state index contributed by atoms with van der Waals surface area (Å²) in [6, 6.07) is 16.1. The zero-order chi connectivity index (χ0) is 19.5. The third-order valence-electron chi connectivity index (χ3n) is 4.55. The van der Waals surface area contributed by atoms with Gasteiger partial charge < -0.3 is 10.2 Å². The molecule has 0 aliphatic heterocycles. The summed E-state index contributed by atoms with van der Waals surface area (Å²) in [6.45, 7) is 5.68. The minimum absolute atomic E-state index is 0.306. The highest BCUT2D eigenvalue weighted by Crippen LogP contribution is 2.28. The first-order valence-electron chi connectivity index (χ1n) is 9.28. The highest BCUT2D eigenvalue weighted by atomic mass is 19.1. The minimum atomic E-state index is -0.306. The molecule has 2 aromatic carbocycles. The molecule has 0 amide bonds. The number of hydrogen-bond acceptors (Lipinski definition) is 5. The second-order valence-electron chi connectivity index (χ2n) is 6.31. The predicted molar refractivity (Wildman–Crippen MR) is 110 cm³/mol. The molecule has 0 saturated heterocycles. The van der Waals surface area contributed by atoms with Gasteiger partial charge >= 0.3 is 0 Å². The predicted octanol–water partition coefficient (Wildman–Crippen LogP) is 4.54. The van der Waals surface area contributed by atoms with Crippen LogP contribution in [-0.2, 0) is 0 Å². The summed E-state index contributed by atoms with van der Waals surface area (Å²) in [5, 5.41) is 8.51. The Kier molecular flexibility index (Phi) is 4.89. The molecule has 6 nitrogen and oxygen atoms in total. The van der Waals surface area contributed by atoms with Gasteiger partial charge in [0, 0.05) is 18.8 Å². The Morgan fingerprint density at radius 2 is 1.79 bits per heavy atom. The van der Waals surface area contributed by atoms with E-state index >= 15 is 0 Å².